The van der Waals surface area contributed by atoms with Crippen molar-refractivity contribution in [1.29, 1.82) is 0 Å². The van der Waals surface area contributed by atoms with Gasteiger partial charge in [0.25, 0.3) is 0 Å². The second-order valence-corrected chi connectivity index (χ2v) is 4.68. The molecule has 0 spiro atoms. The van der Waals surface area contributed by atoms with E-state index in [2.05, 4.69) is 25.3 Å². The first-order valence-corrected chi connectivity index (χ1v) is 5.20. The van der Waals surface area contributed by atoms with Gasteiger partial charge in [0, 0.05) is 5.25 Å². The third kappa shape index (κ3) is 1.26. The van der Waals surface area contributed by atoms with E-state index in [0.29, 0.717) is 0 Å². The molecule has 2 aliphatic rings. The Morgan fingerprint density at radius 1 is 1.36 bits per heavy atom. The molecule has 0 nitrogen and oxygen atoms in total. The largest absolute Gasteiger partial charge is 0.126 e. The fourth-order valence-corrected chi connectivity index (χ4v) is 3.05. The minimum absolute atomic E-state index is 0.803. The summed E-state index contributed by atoms with van der Waals surface area (Å²) in [7, 11) is 0. The smallest absolute Gasteiger partial charge is 0.0300 e. The van der Waals surface area contributed by atoms with Crippen LogP contribution in [-0.4, -0.2) is 5.25 Å². The normalized spacial score (nSPS) is 36.2. The highest BCUT2D eigenvalue weighted by molar-refractivity contribution is 8.03. The number of rotatable bonds is 0. The van der Waals surface area contributed by atoms with E-state index in [-0.39, 0.29) is 0 Å². The van der Waals surface area contributed by atoms with Gasteiger partial charge < -0.3 is 0 Å². The van der Waals surface area contributed by atoms with Gasteiger partial charge in [0.15, 0.2) is 0 Å². The number of hydrogen-bond acceptors (Lipinski definition) is 1. The molecular weight excluding hydrogens is 152 g/mol. The Kier molecular flexibility index (Phi) is 1.84. The Hall–Kier alpha value is -0.170. The van der Waals surface area contributed by atoms with Crippen LogP contribution in [0.15, 0.2) is 22.6 Å². The maximum atomic E-state index is 2.42. The number of hydrogen-bond donors (Lipinski definition) is 0. The molecule has 11 heavy (non-hydrogen) atoms. The van der Waals surface area contributed by atoms with Crippen molar-refractivity contribution in [2.75, 3.05) is 0 Å². The van der Waals surface area contributed by atoms with Gasteiger partial charge in [0.2, 0.25) is 0 Å². The lowest BCUT2D eigenvalue weighted by Crippen LogP contribution is -2.20. The lowest BCUT2D eigenvalue weighted by Gasteiger charge is -2.32. The fraction of sp³-hybridized carbons (Fsp3) is 0.600. The van der Waals surface area contributed by atoms with Crippen molar-refractivity contribution in [2.24, 2.45) is 5.92 Å². The van der Waals surface area contributed by atoms with E-state index in [1.807, 2.05) is 11.8 Å². The average Bonchev–Trinajstić information content (AvgIpc) is 2.02. The third-order valence-electron chi connectivity index (χ3n) is 2.79. The molecule has 0 radical (unpaired) electrons. The fourth-order valence-electron chi connectivity index (χ4n) is 1.82. The van der Waals surface area contributed by atoms with Gasteiger partial charge in [-0.15, -0.1) is 11.8 Å². The van der Waals surface area contributed by atoms with E-state index in [0.717, 1.165) is 11.2 Å². The van der Waals surface area contributed by atoms with Gasteiger partial charge in [0.05, 0.1) is 0 Å². The molecule has 0 saturated heterocycles. The predicted molar refractivity (Wildman–Crippen MR) is 51.6 cm³/mol. The highest BCUT2D eigenvalue weighted by Gasteiger charge is 2.26. The Bertz CT molecular complexity index is 201. The van der Waals surface area contributed by atoms with Crippen LogP contribution in [0.25, 0.3) is 0 Å². The second-order valence-electron chi connectivity index (χ2n) is 3.60. The van der Waals surface area contributed by atoms with Crippen molar-refractivity contribution in [3.63, 3.8) is 0 Å². The first kappa shape index (κ1) is 7.48. The molecule has 1 aliphatic carbocycles. The lowest BCUT2D eigenvalue weighted by atomic mass is 9.85. The Labute approximate surface area is 72.8 Å². The summed E-state index contributed by atoms with van der Waals surface area (Å²) in [6, 6.07) is 0. The number of fused-ring (bicyclic) bond motifs is 2. The molecule has 2 bridgehead atoms. The van der Waals surface area contributed by atoms with Gasteiger partial charge in [0.1, 0.15) is 0 Å². The van der Waals surface area contributed by atoms with Crippen LogP contribution in [0.3, 0.4) is 0 Å². The van der Waals surface area contributed by atoms with Crippen molar-refractivity contribution in [3.05, 3.63) is 22.6 Å². The van der Waals surface area contributed by atoms with Gasteiger partial charge in [-0.2, -0.15) is 0 Å². The van der Waals surface area contributed by atoms with E-state index in [1.165, 1.54) is 12.8 Å². The quantitative estimate of drug-likeness (QED) is 0.497. The van der Waals surface area contributed by atoms with Crippen molar-refractivity contribution in [2.45, 2.75) is 31.9 Å². The zero-order valence-corrected chi connectivity index (χ0v) is 7.95. The average molecular weight is 166 g/mol. The summed E-state index contributed by atoms with van der Waals surface area (Å²) in [5.74, 6) is 0.866. The summed E-state index contributed by atoms with van der Waals surface area (Å²) in [5.41, 5.74) is 3.19. The van der Waals surface area contributed by atoms with Gasteiger partial charge in [-0.25, -0.2) is 0 Å². The van der Waals surface area contributed by atoms with Gasteiger partial charge in [-0.3, -0.25) is 0 Å². The van der Waals surface area contributed by atoms with Crippen LogP contribution < -0.4 is 0 Å². The van der Waals surface area contributed by atoms with E-state index in [1.54, 1.807) is 11.1 Å². The van der Waals surface area contributed by atoms with Gasteiger partial charge in [-0.1, -0.05) is 17.2 Å². The first-order valence-electron chi connectivity index (χ1n) is 4.26. The van der Waals surface area contributed by atoms with Crippen LogP contribution in [0.1, 0.15) is 26.7 Å². The van der Waals surface area contributed by atoms with Crippen LogP contribution in [0.5, 0.6) is 0 Å². The maximum Gasteiger partial charge on any atom is 0.0300 e. The molecule has 0 fully saturated rings. The molecule has 0 aromatic heterocycles. The minimum Gasteiger partial charge on any atom is -0.126 e. The highest BCUT2D eigenvalue weighted by Crippen LogP contribution is 2.41. The summed E-state index contributed by atoms with van der Waals surface area (Å²) >= 11 is 2.00. The van der Waals surface area contributed by atoms with Crippen molar-refractivity contribution in [3.8, 4) is 0 Å². The monoisotopic (exact) mass is 166 g/mol. The Morgan fingerprint density at radius 3 is 3.00 bits per heavy atom. The molecule has 60 valence electrons. The topological polar surface area (TPSA) is 0 Å². The molecule has 0 aromatic carbocycles. The molecule has 1 heteroatoms. The molecule has 0 saturated carbocycles. The van der Waals surface area contributed by atoms with Gasteiger partial charge in [-0.05, 0) is 38.0 Å². The molecule has 2 unspecified atom stereocenters. The van der Waals surface area contributed by atoms with E-state index in [9.17, 15) is 0 Å². The van der Waals surface area contributed by atoms with Crippen molar-refractivity contribution < 1.29 is 0 Å². The molecule has 0 aromatic rings. The summed E-state index contributed by atoms with van der Waals surface area (Å²) in [6.45, 7) is 4.53. The number of thioether (sulfide) groups is 1. The SMILES string of the molecule is CC1=CSC2CC1CC=C2C. The second kappa shape index (κ2) is 2.71. The Balaban J connectivity index is 2.24. The zero-order valence-electron chi connectivity index (χ0n) is 7.13. The number of allylic oxidation sites excluding steroid dienone is 2. The standard InChI is InChI=1S/C10H14S/c1-7-3-4-9-5-10(7)11-6-8(9)2/h3,6,9-10H,4-5H2,1-2H3. The molecule has 2 atom stereocenters. The summed E-state index contributed by atoms with van der Waals surface area (Å²) in [4.78, 5) is 0. The molecule has 1 heterocycles. The van der Waals surface area contributed by atoms with Crippen LogP contribution >= 0.6 is 11.8 Å². The van der Waals surface area contributed by atoms with E-state index in [4.69, 9.17) is 0 Å². The summed E-state index contributed by atoms with van der Waals surface area (Å²) in [6.07, 6.45) is 5.09. The summed E-state index contributed by atoms with van der Waals surface area (Å²) < 4.78 is 0. The maximum absolute atomic E-state index is 2.42. The third-order valence-corrected chi connectivity index (χ3v) is 4.19. The van der Waals surface area contributed by atoms with Crippen LogP contribution in [0.2, 0.25) is 0 Å². The molecule has 0 N–H and O–H groups in total. The highest BCUT2D eigenvalue weighted by atomic mass is 32.2. The van der Waals surface area contributed by atoms with Crippen molar-refractivity contribution in [1.82, 2.24) is 0 Å². The minimum atomic E-state index is 0.803. The van der Waals surface area contributed by atoms with E-state index < -0.39 is 0 Å². The predicted octanol–water partition coefficient (Wildman–Crippen LogP) is 3.36. The Morgan fingerprint density at radius 2 is 2.18 bits per heavy atom. The van der Waals surface area contributed by atoms with Crippen LogP contribution in [-0.2, 0) is 0 Å². The first-order chi connectivity index (χ1) is 5.27. The molecular formula is C10H14S. The zero-order chi connectivity index (χ0) is 7.84. The molecule has 0 amide bonds. The molecule has 2 rings (SSSR count). The summed E-state index contributed by atoms with van der Waals surface area (Å²) in [5, 5.41) is 3.16. The lowest BCUT2D eigenvalue weighted by molar-refractivity contribution is 0.542. The van der Waals surface area contributed by atoms with Crippen molar-refractivity contribution >= 4 is 11.8 Å². The van der Waals surface area contributed by atoms with Crippen LogP contribution in [0.4, 0.5) is 0 Å². The molecule has 1 aliphatic heterocycles. The van der Waals surface area contributed by atoms with E-state index >= 15 is 0 Å². The van der Waals surface area contributed by atoms with Gasteiger partial charge >= 0.3 is 0 Å². The van der Waals surface area contributed by atoms with Crippen LogP contribution in [0, 0.1) is 5.92 Å².